The summed E-state index contributed by atoms with van der Waals surface area (Å²) in [6, 6.07) is 2.69. The molecule has 1 atom stereocenters. The van der Waals surface area contributed by atoms with Crippen molar-refractivity contribution in [2.45, 2.75) is 39.2 Å². The molecule has 15 heavy (non-hydrogen) atoms. The number of aryl methyl sites for hydroxylation is 1. The number of nitrogens with one attached hydrogen (secondary N) is 1. The van der Waals surface area contributed by atoms with Gasteiger partial charge in [0.15, 0.2) is 0 Å². The van der Waals surface area contributed by atoms with Gasteiger partial charge < -0.3 is 10.4 Å². The fourth-order valence-corrected chi connectivity index (χ4v) is 2.50. The predicted octanol–water partition coefficient (Wildman–Crippen LogP) is 2.35. The fourth-order valence-electron chi connectivity index (χ4n) is 1.59. The first-order chi connectivity index (χ1) is 7.24. The number of hydrogen-bond acceptors (Lipinski definition) is 3. The van der Waals surface area contributed by atoms with Gasteiger partial charge in [-0.05, 0) is 50.1 Å². The molecule has 1 aromatic rings. The lowest BCUT2D eigenvalue weighted by Gasteiger charge is -2.12. The molecule has 0 amide bonds. The lowest BCUT2D eigenvalue weighted by Crippen LogP contribution is -2.28. The van der Waals surface area contributed by atoms with E-state index in [0.717, 1.165) is 25.8 Å². The van der Waals surface area contributed by atoms with E-state index in [-0.39, 0.29) is 0 Å². The van der Waals surface area contributed by atoms with E-state index < -0.39 is 0 Å². The summed E-state index contributed by atoms with van der Waals surface area (Å²) >= 11 is 1.84. The standard InChI is InChI=1S/C12H21NOS/c1-10-6-9-15-12(10)5-7-13-11(2)4-3-8-14/h6,9,11,13-14H,3-5,7-8H2,1-2H3. The molecule has 2 N–H and O–H groups in total. The molecular formula is C12H21NOS. The molecule has 0 fully saturated rings. The Morgan fingerprint density at radius 2 is 2.33 bits per heavy atom. The van der Waals surface area contributed by atoms with Crippen molar-refractivity contribution >= 4 is 11.3 Å². The van der Waals surface area contributed by atoms with Crippen molar-refractivity contribution in [3.8, 4) is 0 Å². The number of hydrogen-bond donors (Lipinski definition) is 2. The van der Waals surface area contributed by atoms with Gasteiger partial charge in [0.05, 0.1) is 0 Å². The first-order valence-corrected chi connectivity index (χ1v) is 6.49. The summed E-state index contributed by atoms with van der Waals surface area (Å²) in [4.78, 5) is 1.48. The minimum Gasteiger partial charge on any atom is -0.396 e. The number of aliphatic hydroxyl groups is 1. The third-order valence-electron chi connectivity index (χ3n) is 2.61. The Morgan fingerprint density at radius 3 is 2.93 bits per heavy atom. The molecular weight excluding hydrogens is 206 g/mol. The second-order valence-electron chi connectivity index (χ2n) is 4.00. The molecule has 0 aliphatic rings. The van der Waals surface area contributed by atoms with E-state index in [1.54, 1.807) is 0 Å². The van der Waals surface area contributed by atoms with Gasteiger partial charge in [-0.15, -0.1) is 11.3 Å². The van der Waals surface area contributed by atoms with Crippen LogP contribution in [0.4, 0.5) is 0 Å². The van der Waals surface area contributed by atoms with Crippen LogP contribution in [0.15, 0.2) is 11.4 Å². The highest BCUT2D eigenvalue weighted by Gasteiger charge is 2.02. The van der Waals surface area contributed by atoms with Gasteiger partial charge in [-0.1, -0.05) is 0 Å². The van der Waals surface area contributed by atoms with Crippen LogP contribution in [0.5, 0.6) is 0 Å². The highest BCUT2D eigenvalue weighted by atomic mass is 32.1. The summed E-state index contributed by atoms with van der Waals surface area (Å²) < 4.78 is 0. The van der Waals surface area contributed by atoms with E-state index in [1.165, 1.54) is 10.4 Å². The fraction of sp³-hybridized carbons (Fsp3) is 0.667. The average Bonchev–Trinajstić information content (AvgIpc) is 2.61. The summed E-state index contributed by atoms with van der Waals surface area (Å²) in [6.07, 6.45) is 3.07. The molecule has 0 spiro atoms. The van der Waals surface area contributed by atoms with Crippen LogP contribution in [0.25, 0.3) is 0 Å². The van der Waals surface area contributed by atoms with Crippen LogP contribution in [0, 0.1) is 6.92 Å². The maximum Gasteiger partial charge on any atom is 0.0431 e. The molecule has 2 nitrogen and oxygen atoms in total. The van der Waals surface area contributed by atoms with Crippen LogP contribution < -0.4 is 5.32 Å². The molecule has 1 unspecified atom stereocenters. The van der Waals surface area contributed by atoms with Gasteiger partial charge in [0.2, 0.25) is 0 Å². The summed E-state index contributed by atoms with van der Waals surface area (Å²) in [6.45, 7) is 5.68. The number of aliphatic hydroxyl groups excluding tert-OH is 1. The van der Waals surface area contributed by atoms with Crippen molar-refractivity contribution < 1.29 is 5.11 Å². The van der Waals surface area contributed by atoms with Gasteiger partial charge in [0.25, 0.3) is 0 Å². The van der Waals surface area contributed by atoms with Crippen molar-refractivity contribution in [3.05, 3.63) is 21.9 Å². The van der Waals surface area contributed by atoms with Gasteiger partial charge in [-0.3, -0.25) is 0 Å². The van der Waals surface area contributed by atoms with Crippen molar-refractivity contribution in [1.29, 1.82) is 0 Å². The lowest BCUT2D eigenvalue weighted by molar-refractivity contribution is 0.276. The van der Waals surface area contributed by atoms with Gasteiger partial charge in [0, 0.05) is 24.1 Å². The molecule has 1 rings (SSSR count). The first-order valence-electron chi connectivity index (χ1n) is 5.61. The van der Waals surface area contributed by atoms with Gasteiger partial charge >= 0.3 is 0 Å². The Kier molecular flexibility index (Phi) is 5.91. The Bertz CT molecular complexity index is 272. The van der Waals surface area contributed by atoms with Crippen LogP contribution in [0.2, 0.25) is 0 Å². The molecule has 0 saturated heterocycles. The van der Waals surface area contributed by atoms with Crippen LogP contribution in [0.1, 0.15) is 30.2 Å². The molecule has 0 radical (unpaired) electrons. The second-order valence-corrected chi connectivity index (χ2v) is 5.00. The van der Waals surface area contributed by atoms with E-state index in [9.17, 15) is 0 Å². The Morgan fingerprint density at radius 1 is 1.53 bits per heavy atom. The zero-order valence-corrected chi connectivity index (χ0v) is 10.4. The van der Waals surface area contributed by atoms with Crippen molar-refractivity contribution in [3.63, 3.8) is 0 Å². The lowest BCUT2D eigenvalue weighted by atomic mass is 10.2. The van der Waals surface area contributed by atoms with Crippen molar-refractivity contribution in [1.82, 2.24) is 5.32 Å². The van der Waals surface area contributed by atoms with Gasteiger partial charge in [0.1, 0.15) is 0 Å². The summed E-state index contributed by atoms with van der Waals surface area (Å²) in [5, 5.41) is 14.3. The second kappa shape index (κ2) is 6.99. The molecule has 0 saturated carbocycles. The third-order valence-corrected chi connectivity index (χ3v) is 3.69. The molecule has 86 valence electrons. The maximum atomic E-state index is 8.70. The largest absolute Gasteiger partial charge is 0.396 e. The monoisotopic (exact) mass is 227 g/mol. The molecule has 3 heteroatoms. The van der Waals surface area contributed by atoms with Crippen LogP contribution in [0.3, 0.4) is 0 Å². The topological polar surface area (TPSA) is 32.3 Å². The average molecular weight is 227 g/mol. The normalized spacial score (nSPS) is 13.0. The molecule has 0 aliphatic carbocycles. The van der Waals surface area contributed by atoms with E-state index in [2.05, 4.69) is 30.6 Å². The number of rotatable bonds is 7. The zero-order valence-electron chi connectivity index (χ0n) is 9.62. The molecule has 0 aromatic carbocycles. The SMILES string of the molecule is Cc1ccsc1CCNC(C)CCCO. The number of thiophene rings is 1. The Balaban J connectivity index is 2.13. The van der Waals surface area contributed by atoms with E-state index in [0.29, 0.717) is 12.6 Å². The predicted molar refractivity (Wildman–Crippen MR) is 66.5 cm³/mol. The van der Waals surface area contributed by atoms with E-state index >= 15 is 0 Å². The van der Waals surface area contributed by atoms with Crippen LogP contribution >= 0.6 is 11.3 Å². The zero-order chi connectivity index (χ0) is 11.1. The Hall–Kier alpha value is -0.380. The van der Waals surface area contributed by atoms with Gasteiger partial charge in [-0.25, -0.2) is 0 Å². The van der Waals surface area contributed by atoms with Crippen molar-refractivity contribution in [2.75, 3.05) is 13.2 Å². The molecule has 1 heterocycles. The first kappa shape index (κ1) is 12.7. The molecule has 1 aromatic heterocycles. The van der Waals surface area contributed by atoms with E-state index in [1.807, 2.05) is 11.3 Å². The van der Waals surface area contributed by atoms with Gasteiger partial charge in [-0.2, -0.15) is 0 Å². The third kappa shape index (κ3) is 4.78. The highest BCUT2D eigenvalue weighted by Crippen LogP contribution is 2.15. The van der Waals surface area contributed by atoms with Crippen molar-refractivity contribution in [2.24, 2.45) is 0 Å². The summed E-state index contributed by atoms with van der Waals surface area (Å²) in [7, 11) is 0. The smallest absolute Gasteiger partial charge is 0.0431 e. The maximum absolute atomic E-state index is 8.70. The summed E-state index contributed by atoms with van der Waals surface area (Å²) in [5.41, 5.74) is 1.41. The van der Waals surface area contributed by atoms with E-state index in [4.69, 9.17) is 5.11 Å². The highest BCUT2D eigenvalue weighted by molar-refractivity contribution is 7.10. The minimum atomic E-state index is 0.302. The Labute approximate surface area is 96.3 Å². The molecule has 0 bridgehead atoms. The summed E-state index contributed by atoms with van der Waals surface area (Å²) in [5.74, 6) is 0. The minimum absolute atomic E-state index is 0.302. The van der Waals surface area contributed by atoms with Crippen LogP contribution in [-0.2, 0) is 6.42 Å². The van der Waals surface area contributed by atoms with Crippen LogP contribution in [-0.4, -0.2) is 24.3 Å². The quantitative estimate of drug-likeness (QED) is 0.749. The molecule has 0 aliphatic heterocycles.